The van der Waals surface area contributed by atoms with Gasteiger partial charge in [-0.2, -0.15) is 0 Å². The van der Waals surface area contributed by atoms with E-state index in [1.165, 1.54) is 18.3 Å². The number of carbonyl (C=O) groups is 2. The van der Waals surface area contributed by atoms with Gasteiger partial charge in [-0.3, -0.25) is 14.6 Å². The van der Waals surface area contributed by atoms with E-state index in [0.29, 0.717) is 0 Å². The number of aromatic nitrogens is 1. The number of nitrogens with zero attached hydrogens (tertiary/aromatic N) is 1. The van der Waals surface area contributed by atoms with Crippen molar-refractivity contribution >= 4 is 11.8 Å². The van der Waals surface area contributed by atoms with E-state index in [1.807, 2.05) is 0 Å². The molecule has 9 nitrogen and oxygen atoms in total. The van der Waals surface area contributed by atoms with Crippen LogP contribution in [0.5, 0.6) is 0 Å². The van der Waals surface area contributed by atoms with Crippen LogP contribution in [0.1, 0.15) is 20.8 Å². The molecule has 6 N–H and O–H groups in total. The molecule has 1 aromatic heterocycles. The average Bonchev–Trinajstić information content (AvgIpc) is 2.56. The summed E-state index contributed by atoms with van der Waals surface area (Å²) in [6, 6.07) is 1.09. The van der Waals surface area contributed by atoms with Crippen LogP contribution in [0.25, 0.3) is 0 Å². The summed E-state index contributed by atoms with van der Waals surface area (Å²) in [5.41, 5.74) is -0.247. The standard InChI is InChI=1S/C13H19N3O6/c17-4-8(5-18)15-12(21)10-2-1-3-14-11(10)13(22)16-9(6-19)7-20/h1-3,8-9,17-20H,4-7H2,(H,15,21)(H,16,22). The number of nitrogens with one attached hydrogen (secondary N) is 2. The molecular weight excluding hydrogens is 294 g/mol. The molecule has 0 aromatic carbocycles. The molecule has 1 aromatic rings. The SMILES string of the molecule is O=C(NC(CO)CO)c1cccnc1C(=O)NC(CO)CO. The van der Waals surface area contributed by atoms with Crippen LogP contribution in [-0.2, 0) is 0 Å². The lowest BCUT2D eigenvalue weighted by molar-refractivity contribution is 0.0843. The first-order valence-corrected chi connectivity index (χ1v) is 6.57. The molecule has 0 unspecified atom stereocenters. The van der Waals surface area contributed by atoms with Crippen LogP contribution in [0, 0.1) is 0 Å². The number of rotatable bonds is 8. The maximum atomic E-state index is 12.1. The van der Waals surface area contributed by atoms with Gasteiger partial charge in [0, 0.05) is 6.20 Å². The molecule has 1 heterocycles. The second-order valence-corrected chi connectivity index (χ2v) is 4.47. The number of amides is 2. The zero-order chi connectivity index (χ0) is 16.5. The van der Waals surface area contributed by atoms with Crippen molar-refractivity contribution < 1.29 is 30.0 Å². The van der Waals surface area contributed by atoms with Crippen molar-refractivity contribution in [3.05, 3.63) is 29.6 Å². The van der Waals surface area contributed by atoms with Crippen molar-refractivity contribution in [2.24, 2.45) is 0 Å². The van der Waals surface area contributed by atoms with Crippen molar-refractivity contribution in [1.29, 1.82) is 0 Å². The van der Waals surface area contributed by atoms with E-state index in [0.717, 1.165) is 0 Å². The summed E-state index contributed by atoms with van der Waals surface area (Å²) in [5, 5.41) is 40.5. The third-order valence-electron chi connectivity index (χ3n) is 2.82. The van der Waals surface area contributed by atoms with Gasteiger partial charge < -0.3 is 31.1 Å². The summed E-state index contributed by atoms with van der Waals surface area (Å²) in [4.78, 5) is 27.9. The zero-order valence-corrected chi connectivity index (χ0v) is 11.8. The molecule has 2 amide bonds. The minimum atomic E-state index is -0.868. The molecule has 0 aliphatic carbocycles. The second kappa shape index (κ2) is 9.05. The van der Waals surface area contributed by atoms with E-state index in [4.69, 9.17) is 20.4 Å². The van der Waals surface area contributed by atoms with Gasteiger partial charge in [0.05, 0.1) is 44.1 Å². The summed E-state index contributed by atoms with van der Waals surface area (Å²) in [7, 11) is 0. The summed E-state index contributed by atoms with van der Waals surface area (Å²) in [6.07, 6.45) is 1.31. The lowest BCUT2D eigenvalue weighted by Crippen LogP contribution is -2.43. The zero-order valence-electron chi connectivity index (χ0n) is 11.8. The summed E-state index contributed by atoms with van der Waals surface area (Å²) < 4.78 is 0. The number of aliphatic hydroxyl groups is 4. The smallest absolute Gasteiger partial charge is 0.271 e. The van der Waals surface area contributed by atoms with Gasteiger partial charge in [0.15, 0.2) is 0 Å². The highest BCUT2D eigenvalue weighted by molar-refractivity contribution is 6.06. The van der Waals surface area contributed by atoms with Crippen molar-refractivity contribution in [2.75, 3.05) is 26.4 Å². The van der Waals surface area contributed by atoms with Crippen molar-refractivity contribution in [1.82, 2.24) is 15.6 Å². The molecule has 122 valence electrons. The molecule has 22 heavy (non-hydrogen) atoms. The number of pyridine rings is 1. The van der Waals surface area contributed by atoms with Gasteiger partial charge in [-0.15, -0.1) is 0 Å². The summed E-state index contributed by atoms with van der Waals surface area (Å²) in [6.45, 7) is -1.84. The molecule has 0 atom stereocenters. The van der Waals surface area contributed by atoms with Gasteiger partial charge >= 0.3 is 0 Å². The van der Waals surface area contributed by atoms with Crippen LogP contribution < -0.4 is 10.6 Å². The highest BCUT2D eigenvalue weighted by Crippen LogP contribution is 2.06. The monoisotopic (exact) mass is 313 g/mol. The lowest BCUT2D eigenvalue weighted by atomic mass is 10.1. The topological polar surface area (TPSA) is 152 Å². The average molecular weight is 313 g/mol. The van der Waals surface area contributed by atoms with Crippen LogP contribution in [-0.4, -0.2) is 75.7 Å². The highest BCUT2D eigenvalue weighted by Gasteiger charge is 2.21. The Morgan fingerprint density at radius 3 is 1.95 bits per heavy atom. The molecule has 0 bridgehead atoms. The number of carbonyl (C=O) groups excluding carboxylic acids is 2. The van der Waals surface area contributed by atoms with Crippen LogP contribution in [0.4, 0.5) is 0 Å². The quantitative estimate of drug-likeness (QED) is 0.304. The molecule has 0 aliphatic rings. The first-order valence-electron chi connectivity index (χ1n) is 6.57. The van der Waals surface area contributed by atoms with E-state index < -0.39 is 50.3 Å². The minimum absolute atomic E-state index is 0.0541. The van der Waals surface area contributed by atoms with Gasteiger partial charge in [0.25, 0.3) is 11.8 Å². The van der Waals surface area contributed by atoms with E-state index in [2.05, 4.69) is 15.6 Å². The molecule has 0 saturated heterocycles. The summed E-state index contributed by atoms with van der Waals surface area (Å²) in [5.74, 6) is -1.42. The molecule has 0 spiro atoms. The Kier molecular flexibility index (Phi) is 7.40. The Morgan fingerprint density at radius 2 is 1.45 bits per heavy atom. The van der Waals surface area contributed by atoms with Crippen LogP contribution in [0.2, 0.25) is 0 Å². The molecule has 0 saturated carbocycles. The number of hydrogen-bond donors (Lipinski definition) is 6. The maximum absolute atomic E-state index is 12.1. The predicted molar refractivity (Wildman–Crippen MR) is 75.1 cm³/mol. The fourth-order valence-corrected chi connectivity index (χ4v) is 1.58. The Balaban J connectivity index is 2.93. The van der Waals surface area contributed by atoms with Crippen molar-refractivity contribution in [3.8, 4) is 0 Å². The van der Waals surface area contributed by atoms with Crippen LogP contribution in [0.15, 0.2) is 18.3 Å². The second-order valence-electron chi connectivity index (χ2n) is 4.47. The van der Waals surface area contributed by atoms with Crippen LogP contribution >= 0.6 is 0 Å². The molecule has 0 aliphatic heterocycles. The van der Waals surface area contributed by atoms with Gasteiger partial charge in [-0.1, -0.05) is 0 Å². The molecule has 1 rings (SSSR count). The number of hydrogen-bond acceptors (Lipinski definition) is 7. The van der Waals surface area contributed by atoms with E-state index in [1.54, 1.807) is 0 Å². The third kappa shape index (κ3) is 4.74. The van der Waals surface area contributed by atoms with Gasteiger partial charge in [-0.05, 0) is 12.1 Å². The lowest BCUT2D eigenvalue weighted by Gasteiger charge is -2.16. The normalized spacial score (nSPS) is 10.8. The molecule has 0 radical (unpaired) electrons. The van der Waals surface area contributed by atoms with Gasteiger partial charge in [-0.25, -0.2) is 0 Å². The Bertz CT molecular complexity index is 457. The van der Waals surface area contributed by atoms with Crippen molar-refractivity contribution in [2.45, 2.75) is 12.1 Å². The Hall–Kier alpha value is -2.07. The first kappa shape index (κ1) is 18.0. The van der Waals surface area contributed by atoms with Gasteiger partial charge in [0.2, 0.25) is 0 Å². The Labute approximate surface area is 126 Å². The third-order valence-corrected chi connectivity index (χ3v) is 2.82. The molecular formula is C13H19N3O6. The highest BCUT2D eigenvalue weighted by atomic mass is 16.3. The largest absolute Gasteiger partial charge is 0.394 e. The van der Waals surface area contributed by atoms with E-state index >= 15 is 0 Å². The fraction of sp³-hybridized carbons (Fsp3) is 0.462. The van der Waals surface area contributed by atoms with Gasteiger partial charge in [0.1, 0.15) is 5.69 Å². The maximum Gasteiger partial charge on any atom is 0.271 e. The molecule has 0 fully saturated rings. The van der Waals surface area contributed by atoms with Crippen LogP contribution in [0.3, 0.4) is 0 Å². The minimum Gasteiger partial charge on any atom is -0.394 e. The predicted octanol–water partition coefficient (Wildman–Crippen LogP) is -2.75. The van der Waals surface area contributed by atoms with Crippen molar-refractivity contribution in [3.63, 3.8) is 0 Å². The van der Waals surface area contributed by atoms with E-state index in [9.17, 15) is 9.59 Å². The molecule has 9 heteroatoms. The first-order chi connectivity index (χ1) is 10.6. The Morgan fingerprint density at radius 1 is 0.955 bits per heavy atom. The fourth-order valence-electron chi connectivity index (χ4n) is 1.58. The summed E-state index contributed by atoms with van der Waals surface area (Å²) >= 11 is 0. The number of aliphatic hydroxyl groups excluding tert-OH is 4. The van der Waals surface area contributed by atoms with E-state index in [-0.39, 0.29) is 11.3 Å².